The van der Waals surface area contributed by atoms with Crippen molar-refractivity contribution in [2.45, 2.75) is 60.2 Å². The SMILES string of the molecule is CCN1CCOc2ccc(-c3c([C@H](OC(C)(C)C)C(=O)O)c(C)nc4cc(C)sc34)c(C)c21. The maximum Gasteiger partial charge on any atom is 0.337 e. The molecule has 2 aromatic heterocycles. The molecule has 6 nitrogen and oxygen atoms in total. The summed E-state index contributed by atoms with van der Waals surface area (Å²) in [5.74, 6) is -0.145. The van der Waals surface area contributed by atoms with Crippen molar-refractivity contribution in [2.24, 2.45) is 0 Å². The van der Waals surface area contributed by atoms with Gasteiger partial charge in [0.2, 0.25) is 0 Å². The molecule has 0 aliphatic carbocycles. The van der Waals surface area contributed by atoms with E-state index in [1.54, 1.807) is 11.3 Å². The third kappa shape index (κ3) is 4.32. The fourth-order valence-corrected chi connectivity index (χ4v) is 5.65. The number of rotatable bonds is 5. The largest absolute Gasteiger partial charge is 0.490 e. The van der Waals surface area contributed by atoms with Gasteiger partial charge in [-0.3, -0.25) is 4.98 Å². The Hall–Kier alpha value is -2.64. The number of pyridine rings is 1. The number of ether oxygens (including phenoxy) is 2. The minimum absolute atomic E-state index is 0.620. The topological polar surface area (TPSA) is 71.9 Å². The monoisotopic (exact) mass is 468 g/mol. The van der Waals surface area contributed by atoms with Crippen LogP contribution >= 0.6 is 11.3 Å². The summed E-state index contributed by atoms with van der Waals surface area (Å²) >= 11 is 1.64. The standard InChI is InChI=1S/C26H32N2O4S/c1-8-28-11-12-31-19-10-9-17(15(3)22(19)28)21-20(23(25(29)30)32-26(5,6)7)16(4)27-18-13-14(2)33-24(18)21/h9-10,13,23H,8,11-12H2,1-7H3,(H,29,30)/t23-/m0/s1. The molecule has 1 aliphatic rings. The number of likely N-dealkylation sites (N-methyl/N-ethyl adjacent to an activating group) is 1. The number of fused-ring (bicyclic) bond motifs is 2. The van der Waals surface area contributed by atoms with Gasteiger partial charge < -0.3 is 19.5 Å². The lowest BCUT2D eigenvalue weighted by molar-refractivity contribution is -0.160. The van der Waals surface area contributed by atoms with Crippen LogP contribution in [0.2, 0.25) is 0 Å². The first-order chi connectivity index (χ1) is 15.5. The molecule has 1 atom stereocenters. The third-order valence-corrected chi connectivity index (χ3v) is 7.01. The van der Waals surface area contributed by atoms with Gasteiger partial charge >= 0.3 is 5.97 Å². The Morgan fingerprint density at radius 1 is 1.30 bits per heavy atom. The molecule has 0 spiro atoms. The van der Waals surface area contributed by atoms with Gasteiger partial charge in [0.05, 0.1) is 28.0 Å². The Kier molecular flexibility index (Phi) is 6.14. The Morgan fingerprint density at radius 2 is 2.03 bits per heavy atom. The fraction of sp³-hybridized carbons (Fsp3) is 0.462. The predicted octanol–water partition coefficient (Wildman–Crippen LogP) is 6.05. The molecule has 0 fully saturated rings. The zero-order valence-corrected chi connectivity index (χ0v) is 21.2. The van der Waals surface area contributed by atoms with Crippen LogP contribution in [0.15, 0.2) is 18.2 Å². The van der Waals surface area contributed by atoms with E-state index in [0.717, 1.165) is 56.3 Å². The number of thiophene rings is 1. The van der Waals surface area contributed by atoms with Crippen molar-refractivity contribution in [2.75, 3.05) is 24.6 Å². The maximum absolute atomic E-state index is 12.5. The molecule has 1 aliphatic heterocycles. The third-order valence-electron chi connectivity index (χ3n) is 5.95. The van der Waals surface area contributed by atoms with Gasteiger partial charge in [0.15, 0.2) is 6.10 Å². The highest BCUT2D eigenvalue weighted by atomic mass is 32.1. The average molecular weight is 469 g/mol. The number of hydrogen-bond acceptors (Lipinski definition) is 6. The number of aliphatic carboxylic acids is 1. The highest BCUT2D eigenvalue weighted by Crippen LogP contribution is 2.47. The Bertz CT molecular complexity index is 1230. The van der Waals surface area contributed by atoms with Gasteiger partial charge in [-0.15, -0.1) is 11.3 Å². The fourth-order valence-electron chi connectivity index (χ4n) is 4.63. The quantitative estimate of drug-likeness (QED) is 0.492. The van der Waals surface area contributed by atoms with Gasteiger partial charge in [-0.25, -0.2) is 4.79 Å². The van der Waals surface area contributed by atoms with Crippen LogP contribution in [0.3, 0.4) is 0 Å². The van der Waals surface area contributed by atoms with Crippen molar-refractivity contribution in [3.05, 3.63) is 39.9 Å². The Balaban J connectivity index is 2.07. The number of carbonyl (C=O) groups is 1. The number of hydrogen-bond donors (Lipinski definition) is 1. The number of carboxylic acid groups (broad SMARTS) is 1. The molecule has 0 amide bonds. The minimum atomic E-state index is -1.13. The van der Waals surface area contributed by atoms with E-state index in [0.29, 0.717) is 17.9 Å². The molecule has 7 heteroatoms. The van der Waals surface area contributed by atoms with Crippen LogP contribution in [-0.2, 0) is 9.53 Å². The van der Waals surface area contributed by atoms with E-state index in [1.165, 1.54) is 0 Å². The maximum atomic E-state index is 12.5. The van der Waals surface area contributed by atoms with Crippen LogP contribution in [0.5, 0.6) is 5.75 Å². The number of aryl methyl sites for hydroxylation is 2. The number of carboxylic acids is 1. The van der Waals surface area contributed by atoms with E-state index < -0.39 is 17.7 Å². The summed E-state index contributed by atoms with van der Waals surface area (Å²) in [4.78, 5) is 20.7. The highest BCUT2D eigenvalue weighted by molar-refractivity contribution is 7.19. The summed E-state index contributed by atoms with van der Waals surface area (Å²) in [6.45, 7) is 16.2. The van der Waals surface area contributed by atoms with E-state index in [1.807, 2.05) is 33.8 Å². The molecular formula is C26H32N2O4S. The molecule has 0 radical (unpaired) electrons. The van der Waals surface area contributed by atoms with Gasteiger partial charge in [-0.05, 0) is 71.7 Å². The molecule has 1 aromatic carbocycles. The number of anilines is 1. The highest BCUT2D eigenvalue weighted by Gasteiger charge is 2.34. The molecule has 1 N–H and O–H groups in total. The first-order valence-electron chi connectivity index (χ1n) is 11.3. The van der Waals surface area contributed by atoms with Crippen molar-refractivity contribution in [1.82, 2.24) is 4.98 Å². The molecule has 0 saturated heterocycles. The second kappa shape index (κ2) is 8.61. The summed E-state index contributed by atoms with van der Waals surface area (Å²) in [5, 5.41) is 10.2. The normalized spacial score (nSPS) is 14.8. The molecule has 3 aromatic rings. The number of nitrogens with zero attached hydrogens (tertiary/aromatic N) is 2. The van der Waals surface area contributed by atoms with E-state index in [4.69, 9.17) is 14.5 Å². The molecule has 0 saturated carbocycles. The van der Waals surface area contributed by atoms with Crippen LogP contribution in [0.4, 0.5) is 5.69 Å². The van der Waals surface area contributed by atoms with Crippen LogP contribution in [0.25, 0.3) is 21.3 Å². The molecule has 176 valence electrons. The van der Waals surface area contributed by atoms with Gasteiger partial charge in [0.25, 0.3) is 0 Å². The average Bonchev–Trinajstić information content (AvgIpc) is 3.10. The van der Waals surface area contributed by atoms with Crippen LogP contribution in [0.1, 0.15) is 55.5 Å². The minimum Gasteiger partial charge on any atom is -0.490 e. The lowest BCUT2D eigenvalue weighted by Crippen LogP contribution is -2.33. The van der Waals surface area contributed by atoms with Crippen LogP contribution in [-0.4, -0.2) is 41.4 Å². The second-order valence-corrected chi connectivity index (χ2v) is 10.8. The van der Waals surface area contributed by atoms with E-state index >= 15 is 0 Å². The van der Waals surface area contributed by atoms with E-state index in [2.05, 4.69) is 37.8 Å². The Labute approximate surface area is 199 Å². The summed E-state index contributed by atoms with van der Waals surface area (Å²) in [6.07, 6.45) is -1.13. The zero-order chi connectivity index (χ0) is 24.1. The zero-order valence-electron chi connectivity index (χ0n) is 20.4. The van der Waals surface area contributed by atoms with Crippen molar-refractivity contribution in [1.29, 1.82) is 0 Å². The van der Waals surface area contributed by atoms with Crippen molar-refractivity contribution in [3.8, 4) is 16.9 Å². The second-order valence-electron chi connectivity index (χ2n) is 9.52. The van der Waals surface area contributed by atoms with Gasteiger partial charge in [0, 0.05) is 28.2 Å². The van der Waals surface area contributed by atoms with Crippen molar-refractivity contribution >= 4 is 33.2 Å². The summed E-state index contributed by atoms with van der Waals surface area (Å²) < 4.78 is 13.0. The van der Waals surface area contributed by atoms with Gasteiger partial charge in [-0.1, -0.05) is 6.07 Å². The summed E-state index contributed by atoms with van der Waals surface area (Å²) in [5.41, 5.74) is 5.59. The first-order valence-corrected chi connectivity index (χ1v) is 12.2. The van der Waals surface area contributed by atoms with E-state index in [9.17, 15) is 9.90 Å². The van der Waals surface area contributed by atoms with E-state index in [-0.39, 0.29) is 0 Å². The van der Waals surface area contributed by atoms with Gasteiger partial charge in [0.1, 0.15) is 12.4 Å². The van der Waals surface area contributed by atoms with Crippen LogP contribution in [0, 0.1) is 20.8 Å². The smallest absolute Gasteiger partial charge is 0.337 e. The lowest BCUT2D eigenvalue weighted by Gasteiger charge is -2.33. The van der Waals surface area contributed by atoms with Crippen molar-refractivity contribution < 1.29 is 19.4 Å². The molecule has 0 bridgehead atoms. The summed E-state index contributed by atoms with van der Waals surface area (Å²) in [6, 6.07) is 6.12. The molecule has 0 unspecified atom stereocenters. The molecular weight excluding hydrogens is 436 g/mol. The first kappa shape index (κ1) is 23.5. The lowest BCUT2D eigenvalue weighted by atomic mass is 9.90. The molecule has 3 heterocycles. The van der Waals surface area contributed by atoms with Crippen LogP contribution < -0.4 is 9.64 Å². The number of benzene rings is 1. The molecule has 4 rings (SSSR count). The number of aromatic nitrogens is 1. The van der Waals surface area contributed by atoms with Gasteiger partial charge in [-0.2, -0.15) is 0 Å². The van der Waals surface area contributed by atoms with Crippen molar-refractivity contribution in [3.63, 3.8) is 0 Å². The predicted molar refractivity (Wildman–Crippen MR) is 134 cm³/mol. The molecule has 33 heavy (non-hydrogen) atoms. The summed E-state index contributed by atoms with van der Waals surface area (Å²) in [7, 11) is 0. The Morgan fingerprint density at radius 3 is 2.67 bits per heavy atom.